The van der Waals surface area contributed by atoms with Crippen molar-refractivity contribution in [1.82, 2.24) is 10.5 Å². The Morgan fingerprint density at radius 3 is 2.80 bits per heavy atom. The molecule has 0 radical (unpaired) electrons. The van der Waals surface area contributed by atoms with E-state index in [1.54, 1.807) is 0 Å². The zero-order chi connectivity index (χ0) is 14.4. The molecule has 5 nitrogen and oxygen atoms in total. The second-order valence-corrected chi connectivity index (χ2v) is 4.46. The first kappa shape index (κ1) is 14.1. The Labute approximate surface area is 118 Å². The van der Waals surface area contributed by atoms with E-state index in [1.807, 2.05) is 44.2 Å². The molecule has 0 aliphatic carbocycles. The standard InChI is InChI=1S/C15H17N3O2/c1-11-14(12(2)20-18-11)10-17-9-13-5-3-4-6-15(13)19-8-7-16/h3-6,17H,8-10H2,1-2H3. The maximum absolute atomic E-state index is 8.57. The summed E-state index contributed by atoms with van der Waals surface area (Å²) in [4.78, 5) is 0. The summed E-state index contributed by atoms with van der Waals surface area (Å²) in [5.74, 6) is 1.57. The normalized spacial score (nSPS) is 10.2. The lowest BCUT2D eigenvalue weighted by atomic mass is 10.1. The van der Waals surface area contributed by atoms with Gasteiger partial charge >= 0.3 is 0 Å². The van der Waals surface area contributed by atoms with Crippen LogP contribution in [0, 0.1) is 25.2 Å². The summed E-state index contributed by atoms with van der Waals surface area (Å²) in [5.41, 5.74) is 3.01. The predicted molar refractivity (Wildman–Crippen MR) is 74.1 cm³/mol. The van der Waals surface area contributed by atoms with Crippen LogP contribution < -0.4 is 10.1 Å². The van der Waals surface area contributed by atoms with Gasteiger partial charge in [0, 0.05) is 24.2 Å². The third kappa shape index (κ3) is 3.37. The van der Waals surface area contributed by atoms with E-state index >= 15 is 0 Å². The van der Waals surface area contributed by atoms with Gasteiger partial charge in [0.15, 0.2) is 6.61 Å². The number of aromatic nitrogens is 1. The summed E-state index contributed by atoms with van der Waals surface area (Å²) in [6.07, 6.45) is 0. The molecule has 0 aliphatic heterocycles. The molecule has 2 rings (SSSR count). The fraction of sp³-hybridized carbons (Fsp3) is 0.333. The van der Waals surface area contributed by atoms with Gasteiger partial charge in [-0.3, -0.25) is 0 Å². The number of ether oxygens (including phenoxy) is 1. The number of hydrogen-bond donors (Lipinski definition) is 1. The van der Waals surface area contributed by atoms with Gasteiger partial charge in [-0.25, -0.2) is 0 Å². The van der Waals surface area contributed by atoms with Crippen LogP contribution in [-0.2, 0) is 13.1 Å². The molecule has 0 unspecified atom stereocenters. The van der Waals surface area contributed by atoms with E-state index in [2.05, 4.69) is 10.5 Å². The maximum atomic E-state index is 8.57. The van der Waals surface area contributed by atoms with Crippen LogP contribution in [0.25, 0.3) is 0 Å². The van der Waals surface area contributed by atoms with Crippen LogP contribution in [0.3, 0.4) is 0 Å². The summed E-state index contributed by atoms with van der Waals surface area (Å²) >= 11 is 0. The molecule has 1 aromatic carbocycles. The van der Waals surface area contributed by atoms with Crippen molar-refractivity contribution in [3.8, 4) is 11.8 Å². The first-order valence-corrected chi connectivity index (χ1v) is 6.42. The number of nitrogens with zero attached hydrogens (tertiary/aromatic N) is 2. The van der Waals surface area contributed by atoms with E-state index in [4.69, 9.17) is 14.5 Å². The Kier molecular flexibility index (Phi) is 4.75. The van der Waals surface area contributed by atoms with Gasteiger partial charge in [0.2, 0.25) is 0 Å². The quantitative estimate of drug-likeness (QED) is 0.874. The second kappa shape index (κ2) is 6.73. The van der Waals surface area contributed by atoms with Gasteiger partial charge in [-0.05, 0) is 19.9 Å². The average Bonchev–Trinajstić information content (AvgIpc) is 2.78. The van der Waals surface area contributed by atoms with Gasteiger partial charge in [0.25, 0.3) is 0 Å². The molecule has 0 fully saturated rings. The highest BCUT2D eigenvalue weighted by Crippen LogP contribution is 2.18. The average molecular weight is 271 g/mol. The van der Waals surface area contributed by atoms with E-state index in [1.165, 1.54) is 0 Å². The Balaban J connectivity index is 1.96. The third-order valence-corrected chi connectivity index (χ3v) is 3.06. The number of para-hydroxylation sites is 1. The van der Waals surface area contributed by atoms with E-state index in [-0.39, 0.29) is 6.61 Å². The number of rotatable bonds is 6. The fourth-order valence-electron chi connectivity index (χ4n) is 1.98. The van der Waals surface area contributed by atoms with Crippen LogP contribution >= 0.6 is 0 Å². The van der Waals surface area contributed by atoms with Crippen LogP contribution in [-0.4, -0.2) is 11.8 Å². The van der Waals surface area contributed by atoms with Crippen LogP contribution in [0.2, 0.25) is 0 Å². The smallest absolute Gasteiger partial charge is 0.174 e. The molecule has 1 heterocycles. The van der Waals surface area contributed by atoms with Crippen LogP contribution in [0.15, 0.2) is 28.8 Å². The first-order chi connectivity index (χ1) is 9.72. The number of nitriles is 1. The highest BCUT2D eigenvalue weighted by Gasteiger charge is 2.09. The van der Waals surface area contributed by atoms with Gasteiger partial charge in [-0.1, -0.05) is 23.4 Å². The molecular weight excluding hydrogens is 254 g/mol. The molecule has 0 saturated carbocycles. The summed E-state index contributed by atoms with van der Waals surface area (Å²) < 4.78 is 10.5. The SMILES string of the molecule is Cc1noc(C)c1CNCc1ccccc1OCC#N. The van der Waals surface area contributed by atoms with Crippen molar-refractivity contribution in [2.45, 2.75) is 26.9 Å². The van der Waals surface area contributed by atoms with E-state index in [9.17, 15) is 0 Å². The van der Waals surface area contributed by atoms with Crippen molar-refractivity contribution in [1.29, 1.82) is 5.26 Å². The lowest BCUT2D eigenvalue weighted by Gasteiger charge is -2.10. The van der Waals surface area contributed by atoms with Gasteiger partial charge in [0.05, 0.1) is 5.69 Å². The van der Waals surface area contributed by atoms with E-state index in [0.29, 0.717) is 13.1 Å². The maximum Gasteiger partial charge on any atom is 0.174 e. The highest BCUT2D eigenvalue weighted by atomic mass is 16.5. The molecule has 2 aromatic rings. The minimum absolute atomic E-state index is 0.0564. The lowest BCUT2D eigenvalue weighted by molar-refractivity contribution is 0.362. The zero-order valence-corrected chi connectivity index (χ0v) is 11.6. The molecule has 5 heteroatoms. The molecule has 0 aliphatic rings. The summed E-state index contributed by atoms with van der Waals surface area (Å²) in [6.45, 7) is 5.23. The Hall–Kier alpha value is -2.32. The van der Waals surface area contributed by atoms with Crippen molar-refractivity contribution in [2.75, 3.05) is 6.61 Å². The molecule has 1 N–H and O–H groups in total. The molecule has 0 spiro atoms. The number of aryl methyl sites for hydroxylation is 2. The molecule has 1 aromatic heterocycles. The highest BCUT2D eigenvalue weighted by molar-refractivity contribution is 5.33. The third-order valence-electron chi connectivity index (χ3n) is 3.06. The van der Waals surface area contributed by atoms with Crippen LogP contribution in [0.4, 0.5) is 0 Å². The van der Waals surface area contributed by atoms with E-state index < -0.39 is 0 Å². The lowest BCUT2D eigenvalue weighted by Crippen LogP contribution is -2.14. The number of hydrogen-bond acceptors (Lipinski definition) is 5. The predicted octanol–water partition coefficient (Wildman–Crippen LogP) is 2.48. The van der Waals surface area contributed by atoms with Crippen molar-refractivity contribution in [2.24, 2.45) is 0 Å². The van der Waals surface area contributed by atoms with Crippen molar-refractivity contribution < 1.29 is 9.26 Å². The van der Waals surface area contributed by atoms with Crippen molar-refractivity contribution >= 4 is 0 Å². The minimum Gasteiger partial charge on any atom is -0.478 e. The fourth-order valence-corrected chi connectivity index (χ4v) is 1.98. The first-order valence-electron chi connectivity index (χ1n) is 6.42. The molecule has 20 heavy (non-hydrogen) atoms. The molecule has 0 amide bonds. The number of nitrogens with one attached hydrogen (secondary N) is 1. The summed E-state index contributed by atoms with van der Waals surface area (Å²) in [5, 5.41) is 15.8. The van der Waals surface area contributed by atoms with Crippen LogP contribution in [0.1, 0.15) is 22.6 Å². The Bertz CT molecular complexity index is 594. The van der Waals surface area contributed by atoms with E-state index in [0.717, 1.165) is 28.3 Å². The summed E-state index contributed by atoms with van der Waals surface area (Å²) in [6, 6.07) is 9.66. The molecule has 104 valence electrons. The van der Waals surface area contributed by atoms with Crippen LogP contribution in [0.5, 0.6) is 5.75 Å². The largest absolute Gasteiger partial charge is 0.478 e. The Morgan fingerprint density at radius 2 is 2.10 bits per heavy atom. The summed E-state index contributed by atoms with van der Waals surface area (Å²) in [7, 11) is 0. The van der Waals surface area contributed by atoms with Crippen molar-refractivity contribution in [3.05, 3.63) is 46.8 Å². The monoisotopic (exact) mass is 271 g/mol. The van der Waals surface area contributed by atoms with Gasteiger partial charge in [-0.15, -0.1) is 0 Å². The van der Waals surface area contributed by atoms with Crippen molar-refractivity contribution in [3.63, 3.8) is 0 Å². The molecule has 0 bridgehead atoms. The van der Waals surface area contributed by atoms with Gasteiger partial charge in [0.1, 0.15) is 17.6 Å². The molecular formula is C15H17N3O2. The van der Waals surface area contributed by atoms with Gasteiger partial charge < -0.3 is 14.6 Å². The Morgan fingerprint density at radius 1 is 1.30 bits per heavy atom. The van der Waals surface area contributed by atoms with Gasteiger partial charge in [-0.2, -0.15) is 5.26 Å². The molecule has 0 saturated heterocycles. The topological polar surface area (TPSA) is 71.1 Å². The second-order valence-electron chi connectivity index (χ2n) is 4.46. The number of benzene rings is 1. The minimum atomic E-state index is 0.0564. The molecule has 0 atom stereocenters. The zero-order valence-electron chi connectivity index (χ0n) is 11.6.